The molecule has 1 atom stereocenters. The summed E-state index contributed by atoms with van der Waals surface area (Å²) in [5.74, 6) is -0.0688. The van der Waals surface area contributed by atoms with Crippen molar-refractivity contribution in [3.8, 4) is 0 Å². The van der Waals surface area contributed by atoms with Crippen LogP contribution in [0, 0.1) is 0 Å². The molecule has 0 aliphatic carbocycles. The summed E-state index contributed by atoms with van der Waals surface area (Å²) in [5, 5.41) is 7.67. The number of benzene rings is 1. The molecule has 3 N–H and O–H groups in total. The number of nitrogens with one attached hydrogen (secondary N) is 1. The lowest BCUT2D eigenvalue weighted by molar-refractivity contribution is -0.120. The van der Waals surface area contributed by atoms with Gasteiger partial charge in [-0.05, 0) is 44.9 Å². The summed E-state index contributed by atoms with van der Waals surface area (Å²) in [4.78, 5) is 14.3. The van der Waals surface area contributed by atoms with Crippen molar-refractivity contribution in [2.45, 2.75) is 37.3 Å². The molecule has 0 saturated heterocycles. The predicted molar refractivity (Wildman–Crippen MR) is 107 cm³/mol. The Hall–Kier alpha value is -1.16. The molecular formula is C16H25N3O3S3. The molecule has 1 rings (SSSR count). The van der Waals surface area contributed by atoms with Crippen molar-refractivity contribution in [1.82, 2.24) is 10.2 Å². The molecule has 0 spiro atoms. The van der Waals surface area contributed by atoms with E-state index in [1.54, 1.807) is 12.1 Å². The SMILES string of the molecule is CCN(CC)C(=S)SC(C)C(=O)NCCc1ccc(S(N)(=O)=O)cc1. The van der Waals surface area contributed by atoms with Crippen LogP contribution < -0.4 is 10.5 Å². The minimum absolute atomic E-state index is 0.0688. The van der Waals surface area contributed by atoms with Crippen molar-refractivity contribution >= 4 is 44.2 Å². The molecule has 25 heavy (non-hydrogen) atoms. The van der Waals surface area contributed by atoms with Crippen molar-refractivity contribution < 1.29 is 13.2 Å². The van der Waals surface area contributed by atoms with Crippen LogP contribution >= 0.6 is 24.0 Å². The van der Waals surface area contributed by atoms with E-state index in [-0.39, 0.29) is 16.1 Å². The Morgan fingerprint density at radius 3 is 2.32 bits per heavy atom. The Balaban J connectivity index is 2.45. The van der Waals surface area contributed by atoms with Crippen LogP contribution in [0.25, 0.3) is 0 Å². The van der Waals surface area contributed by atoms with Gasteiger partial charge < -0.3 is 10.2 Å². The van der Waals surface area contributed by atoms with Gasteiger partial charge in [0.15, 0.2) is 0 Å². The summed E-state index contributed by atoms with van der Waals surface area (Å²) >= 11 is 6.73. The second kappa shape index (κ2) is 10.1. The fraction of sp³-hybridized carbons (Fsp3) is 0.500. The maximum absolute atomic E-state index is 12.1. The lowest BCUT2D eigenvalue weighted by Gasteiger charge is -2.22. The number of primary sulfonamides is 1. The topological polar surface area (TPSA) is 92.5 Å². The first kappa shape index (κ1) is 21.9. The van der Waals surface area contributed by atoms with Crippen LogP contribution in [-0.4, -0.2) is 48.4 Å². The number of nitrogens with zero attached hydrogens (tertiary/aromatic N) is 1. The maximum atomic E-state index is 12.1. The van der Waals surface area contributed by atoms with Crippen LogP contribution in [-0.2, 0) is 21.2 Å². The average Bonchev–Trinajstić information content (AvgIpc) is 2.55. The third-order valence-electron chi connectivity index (χ3n) is 3.63. The van der Waals surface area contributed by atoms with Gasteiger partial charge in [-0.25, -0.2) is 13.6 Å². The van der Waals surface area contributed by atoms with E-state index in [1.165, 1.54) is 23.9 Å². The minimum Gasteiger partial charge on any atom is -0.358 e. The molecule has 9 heteroatoms. The van der Waals surface area contributed by atoms with Crippen LogP contribution in [0.4, 0.5) is 0 Å². The van der Waals surface area contributed by atoms with Gasteiger partial charge in [-0.3, -0.25) is 4.79 Å². The smallest absolute Gasteiger partial charge is 0.238 e. The maximum Gasteiger partial charge on any atom is 0.238 e. The molecule has 6 nitrogen and oxygen atoms in total. The molecule has 1 amide bonds. The molecule has 0 saturated carbocycles. The number of hydrogen-bond donors (Lipinski definition) is 2. The number of amides is 1. The van der Waals surface area contributed by atoms with E-state index >= 15 is 0 Å². The van der Waals surface area contributed by atoms with Gasteiger partial charge in [-0.1, -0.05) is 36.1 Å². The molecule has 1 unspecified atom stereocenters. The van der Waals surface area contributed by atoms with Crippen molar-refractivity contribution in [1.29, 1.82) is 0 Å². The highest BCUT2D eigenvalue weighted by Crippen LogP contribution is 2.16. The Bertz CT molecular complexity index is 686. The van der Waals surface area contributed by atoms with Crippen LogP contribution in [0.15, 0.2) is 29.2 Å². The molecule has 0 aromatic heterocycles. The quantitative estimate of drug-likeness (QED) is 0.643. The summed E-state index contributed by atoms with van der Waals surface area (Å²) in [6.45, 7) is 8.01. The lowest BCUT2D eigenvalue weighted by Crippen LogP contribution is -2.35. The van der Waals surface area contributed by atoms with E-state index in [9.17, 15) is 13.2 Å². The first-order valence-electron chi connectivity index (χ1n) is 8.04. The van der Waals surface area contributed by atoms with Gasteiger partial charge in [-0.15, -0.1) is 0 Å². The average molecular weight is 404 g/mol. The molecule has 0 fully saturated rings. The monoisotopic (exact) mass is 403 g/mol. The first-order valence-corrected chi connectivity index (χ1v) is 10.9. The van der Waals surface area contributed by atoms with E-state index in [1.807, 2.05) is 25.7 Å². The zero-order valence-corrected chi connectivity index (χ0v) is 17.1. The van der Waals surface area contributed by atoms with Crippen LogP contribution in [0.2, 0.25) is 0 Å². The molecule has 1 aromatic carbocycles. The number of sulfonamides is 1. The largest absolute Gasteiger partial charge is 0.358 e. The predicted octanol–water partition coefficient (Wildman–Crippen LogP) is 1.74. The van der Waals surface area contributed by atoms with Gasteiger partial charge in [0.25, 0.3) is 0 Å². The van der Waals surface area contributed by atoms with Crippen molar-refractivity contribution in [2.24, 2.45) is 5.14 Å². The van der Waals surface area contributed by atoms with E-state index in [2.05, 4.69) is 5.32 Å². The van der Waals surface area contributed by atoms with E-state index in [0.29, 0.717) is 13.0 Å². The Labute approximate surface area is 159 Å². The highest BCUT2D eigenvalue weighted by molar-refractivity contribution is 8.23. The van der Waals surface area contributed by atoms with Crippen LogP contribution in [0.1, 0.15) is 26.3 Å². The summed E-state index contributed by atoms with van der Waals surface area (Å²) in [6, 6.07) is 6.32. The van der Waals surface area contributed by atoms with E-state index in [0.717, 1.165) is 23.0 Å². The summed E-state index contributed by atoms with van der Waals surface area (Å²) in [5.41, 5.74) is 0.923. The zero-order valence-electron chi connectivity index (χ0n) is 14.7. The molecular weight excluding hydrogens is 378 g/mol. The van der Waals surface area contributed by atoms with E-state index in [4.69, 9.17) is 17.4 Å². The van der Waals surface area contributed by atoms with Crippen LogP contribution in [0.3, 0.4) is 0 Å². The van der Waals surface area contributed by atoms with Gasteiger partial charge in [-0.2, -0.15) is 0 Å². The number of hydrogen-bond acceptors (Lipinski definition) is 5. The molecule has 0 radical (unpaired) electrons. The number of thiocarbonyl (C=S) groups is 1. The number of carbonyl (C=O) groups is 1. The Kier molecular flexibility index (Phi) is 8.84. The number of carbonyl (C=O) groups excluding carboxylic acids is 1. The van der Waals surface area contributed by atoms with E-state index < -0.39 is 10.0 Å². The molecule has 140 valence electrons. The number of nitrogens with two attached hydrogens (primary N) is 1. The minimum atomic E-state index is -3.68. The van der Waals surface area contributed by atoms with Crippen LogP contribution in [0.5, 0.6) is 0 Å². The Morgan fingerprint density at radius 2 is 1.84 bits per heavy atom. The fourth-order valence-electron chi connectivity index (χ4n) is 2.08. The van der Waals surface area contributed by atoms with Crippen molar-refractivity contribution in [2.75, 3.05) is 19.6 Å². The highest BCUT2D eigenvalue weighted by atomic mass is 32.2. The molecule has 0 aliphatic rings. The van der Waals surface area contributed by atoms with Crippen molar-refractivity contribution in [3.05, 3.63) is 29.8 Å². The standard InChI is InChI=1S/C16H25N3O3S3/c1-4-19(5-2)16(23)24-12(3)15(20)18-11-10-13-6-8-14(9-7-13)25(17,21)22/h6-9,12H,4-5,10-11H2,1-3H3,(H,18,20)(H2,17,21,22). The molecule has 1 aromatic rings. The molecule has 0 heterocycles. The highest BCUT2D eigenvalue weighted by Gasteiger charge is 2.17. The summed E-state index contributed by atoms with van der Waals surface area (Å²) in [6.07, 6.45) is 0.606. The number of thioether (sulfide) groups is 1. The summed E-state index contributed by atoms with van der Waals surface area (Å²) in [7, 11) is -3.68. The lowest BCUT2D eigenvalue weighted by atomic mass is 10.1. The van der Waals surface area contributed by atoms with Gasteiger partial charge in [0.2, 0.25) is 15.9 Å². The zero-order chi connectivity index (χ0) is 19.0. The fourth-order valence-corrected chi connectivity index (χ4v) is 4.19. The molecule has 0 bridgehead atoms. The van der Waals surface area contributed by atoms with Gasteiger partial charge in [0.1, 0.15) is 4.32 Å². The normalized spacial score (nSPS) is 12.5. The first-order chi connectivity index (χ1) is 11.7. The van der Waals surface area contributed by atoms with Gasteiger partial charge >= 0.3 is 0 Å². The number of rotatable bonds is 8. The summed E-state index contributed by atoms with van der Waals surface area (Å²) < 4.78 is 23.1. The van der Waals surface area contributed by atoms with Gasteiger partial charge in [0, 0.05) is 19.6 Å². The third-order valence-corrected chi connectivity index (χ3v) is 6.14. The van der Waals surface area contributed by atoms with Crippen molar-refractivity contribution in [3.63, 3.8) is 0 Å². The molecule has 0 aliphatic heterocycles. The Morgan fingerprint density at radius 1 is 1.28 bits per heavy atom. The second-order valence-corrected chi connectivity index (χ2v) is 8.96. The van der Waals surface area contributed by atoms with Gasteiger partial charge in [0.05, 0.1) is 10.1 Å². The second-order valence-electron chi connectivity index (χ2n) is 5.43. The third kappa shape index (κ3) is 7.31.